The van der Waals surface area contributed by atoms with Crippen molar-refractivity contribution in [1.29, 1.82) is 0 Å². The van der Waals surface area contributed by atoms with Crippen LogP contribution in [0, 0.1) is 6.92 Å². The first kappa shape index (κ1) is 13.9. The molecule has 5 heteroatoms. The molecule has 1 rings (SSSR count). The highest BCUT2D eigenvalue weighted by molar-refractivity contribution is 8.00. The number of nitrogens with zero attached hydrogens (tertiary/aromatic N) is 2. The fourth-order valence-electron chi connectivity index (χ4n) is 1.19. The zero-order valence-corrected chi connectivity index (χ0v) is 12.2. The van der Waals surface area contributed by atoms with E-state index in [2.05, 4.69) is 35.4 Å². The number of unbranched alkanes of at least 4 members (excludes halogenated alkanes) is 1. The molecule has 0 radical (unpaired) electrons. The Morgan fingerprint density at radius 2 is 2.06 bits per heavy atom. The Bertz CT molecular complexity index is 304. The molecule has 0 aliphatic heterocycles. The van der Waals surface area contributed by atoms with Crippen LogP contribution < -0.4 is 5.32 Å². The van der Waals surface area contributed by atoms with Gasteiger partial charge in [-0.25, -0.2) is 4.98 Å². The topological polar surface area (TPSA) is 37.8 Å². The van der Waals surface area contributed by atoms with Crippen LogP contribution in [0.15, 0.2) is 4.34 Å². The van der Waals surface area contributed by atoms with Crippen LogP contribution in [0.25, 0.3) is 0 Å². The Balaban J connectivity index is 2.00. The zero-order chi connectivity index (χ0) is 12.0. The smallest absolute Gasteiger partial charge is 0.170 e. The number of rotatable bonds is 6. The quantitative estimate of drug-likeness (QED) is 0.629. The summed E-state index contributed by atoms with van der Waals surface area (Å²) in [5.74, 6) is 2.03. The van der Waals surface area contributed by atoms with Crippen LogP contribution in [0.2, 0.25) is 0 Å². The molecule has 1 heterocycles. The van der Waals surface area contributed by atoms with E-state index in [4.69, 9.17) is 0 Å². The lowest BCUT2D eigenvalue weighted by Gasteiger charge is -2.20. The molecule has 0 amide bonds. The van der Waals surface area contributed by atoms with E-state index in [-0.39, 0.29) is 5.54 Å². The van der Waals surface area contributed by atoms with Crippen molar-refractivity contribution < 1.29 is 0 Å². The van der Waals surface area contributed by atoms with Gasteiger partial charge in [-0.1, -0.05) is 11.8 Å². The zero-order valence-electron chi connectivity index (χ0n) is 10.5. The number of hydrogen-bond acceptors (Lipinski definition) is 5. The van der Waals surface area contributed by atoms with Gasteiger partial charge in [0.25, 0.3) is 0 Å². The monoisotopic (exact) mass is 259 g/mol. The van der Waals surface area contributed by atoms with Gasteiger partial charge in [-0.2, -0.15) is 4.37 Å². The molecule has 3 nitrogen and oxygen atoms in total. The lowest BCUT2D eigenvalue weighted by Crippen LogP contribution is -2.36. The van der Waals surface area contributed by atoms with E-state index >= 15 is 0 Å². The Morgan fingerprint density at radius 1 is 1.31 bits per heavy atom. The van der Waals surface area contributed by atoms with Crippen molar-refractivity contribution >= 4 is 23.3 Å². The second kappa shape index (κ2) is 6.57. The molecule has 0 fully saturated rings. The Labute approximate surface area is 107 Å². The van der Waals surface area contributed by atoms with Crippen molar-refractivity contribution in [2.24, 2.45) is 0 Å². The summed E-state index contributed by atoms with van der Waals surface area (Å²) < 4.78 is 5.26. The summed E-state index contributed by atoms with van der Waals surface area (Å²) >= 11 is 3.32. The summed E-state index contributed by atoms with van der Waals surface area (Å²) in [6.07, 6.45) is 2.45. The van der Waals surface area contributed by atoms with Crippen molar-refractivity contribution in [3.8, 4) is 0 Å². The number of hydrogen-bond donors (Lipinski definition) is 1. The third-order valence-electron chi connectivity index (χ3n) is 1.96. The highest BCUT2D eigenvalue weighted by Crippen LogP contribution is 2.20. The summed E-state index contributed by atoms with van der Waals surface area (Å²) in [6, 6.07) is 0. The van der Waals surface area contributed by atoms with Crippen molar-refractivity contribution in [3.05, 3.63) is 5.82 Å². The average Bonchev–Trinajstić information content (AvgIpc) is 2.56. The summed E-state index contributed by atoms with van der Waals surface area (Å²) in [6.45, 7) is 9.64. The second-order valence-electron chi connectivity index (χ2n) is 4.84. The minimum absolute atomic E-state index is 0.240. The highest BCUT2D eigenvalue weighted by Gasteiger charge is 2.07. The van der Waals surface area contributed by atoms with Gasteiger partial charge in [-0.05, 0) is 58.6 Å². The molecule has 0 atom stereocenters. The van der Waals surface area contributed by atoms with Gasteiger partial charge in [-0.15, -0.1) is 0 Å². The molecule has 16 heavy (non-hydrogen) atoms. The van der Waals surface area contributed by atoms with E-state index in [1.54, 1.807) is 0 Å². The molecular weight excluding hydrogens is 238 g/mol. The summed E-state index contributed by atoms with van der Waals surface area (Å²) in [4.78, 5) is 4.32. The normalized spacial score (nSPS) is 12.0. The van der Waals surface area contributed by atoms with E-state index in [0.29, 0.717) is 0 Å². The SMILES string of the molecule is Cc1nsc(SCCCCNC(C)(C)C)n1. The molecular formula is C11H21N3S2. The molecule has 1 aromatic heterocycles. The van der Waals surface area contributed by atoms with Crippen molar-refractivity contribution in [3.63, 3.8) is 0 Å². The molecule has 0 aliphatic carbocycles. The maximum Gasteiger partial charge on any atom is 0.170 e. The molecule has 0 aliphatic rings. The number of nitrogens with one attached hydrogen (secondary N) is 1. The van der Waals surface area contributed by atoms with E-state index in [1.165, 1.54) is 24.4 Å². The Hall–Kier alpha value is -0.130. The van der Waals surface area contributed by atoms with Gasteiger partial charge in [0.15, 0.2) is 4.34 Å². The van der Waals surface area contributed by atoms with Crippen LogP contribution >= 0.6 is 23.3 Å². The van der Waals surface area contributed by atoms with E-state index < -0.39 is 0 Å². The van der Waals surface area contributed by atoms with Gasteiger partial charge >= 0.3 is 0 Å². The molecule has 0 unspecified atom stereocenters. The average molecular weight is 259 g/mol. The third-order valence-corrected chi connectivity index (χ3v) is 3.97. The first-order chi connectivity index (χ1) is 7.47. The van der Waals surface area contributed by atoms with Crippen LogP contribution in [0.1, 0.15) is 39.4 Å². The van der Waals surface area contributed by atoms with Gasteiger partial charge in [-0.3, -0.25) is 0 Å². The van der Waals surface area contributed by atoms with Gasteiger partial charge in [0, 0.05) is 11.3 Å². The van der Waals surface area contributed by atoms with Gasteiger partial charge in [0.2, 0.25) is 0 Å². The number of aromatic nitrogens is 2. The van der Waals surface area contributed by atoms with Crippen molar-refractivity contribution in [1.82, 2.24) is 14.7 Å². The Morgan fingerprint density at radius 3 is 2.62 bits per heavy atom. The summed E-state index contributed by atoms with van der Waals surface area (Å²) in [5, 5.41) is 3.49. The van der Waals surface area contributed by atoms with Crippen LogP contribution in [0.3, 0.4) is 0 Å². The molecule has 1 N–H and O–H groups in total. The lowest BCUT2D eigenvalue weighted by molar-refractivity contribution is 0.421. The minimum atomic E-state index is 0.240. The maximum absolute atomic E-state index is 4.32. The van der Waals surface area contributed by atoms with Crippen LogP contribution in [-0.4, -0.2) is 27.2 Å². The number of aryl methyl sites for hydroxylation is 1. The predicted molar refractivity (Wildman–Crippen MR) is 72.4 cm³/mol. The van der Waals surface area contributed by atoms with Gasteiger partial charge in [0.1, 0.15) is 5.82 Å². The van der Waals surface area contributed by atoms with Crippen LogP contribution in [-0.2, 0) is 0 Å². The molecule has 0 bridgehead atoms. The van der Waals surface area contributed by atoms with Crippen molar-refractivity contribution in [2.75, 3.05) is 12.3 Å². The second-order valence-corrected chi connectivity index (χ2v) is 6.93. The largest absolute Gasteiger partial charge is 0.312 e. The predicted octanol–water partition coefficient (Wildman–Crippen LogP) is 3.11. The molecule has 0 aromatic carbocycles. The minimum Gasteiger partial charge on any atom is -0.312 e. The molecule has 92 valence electrons. The van der Waals surface area contributed by atoms with Crippen LogP contribution in [0.4, 0.5) is 0 Å². The van der Waals surface area contributed by atoms with Crippen molar-refractivity contribution in [2.45, 2.75) is 50.4 Å². The standard InChI is InChI=1S/C11H21N3S2/c1-9-13-10(16-14-9)15-8-6-5-7-12-11(2,3)4/h12H,5-8H2,1-4H3. The van der Waals surface area contributed by atoms with Gasteiger partial charge < -0.3 is 5.32 Å². The first-order valence-electron chi connectivity index (χ1n) is 5.65. The molecule has 0 saturated carbocycles. The molecule has 1 aromatic rings. The van der Waals surface area contributed by atoms with E-state index in [1.807, 2.05) is 18.7 Å². The number of thioether (sulfide) groups is 1. The maximum atomic E-state index is 4.32. The first-order valence-corrected chi connectivity index (χ1v) is 7.41. The van der Waals surface area contributed by atoms with Gasteiger partial charge in [0.05, 0.1) is 0 Å². The third kappa shape index (κ3) is 6.45. The van der Waals surface area contributed by atoms with Crippen LogP contribution in [0.5, 0.6) is 0 Å². The van der Waals surface area contributed by atoms with E-state index in [0.717, 1.165) is 22.5 Å². The molecule has 0 spiro atoms. The van der Waals surface area contributed by atoms with E-state index in [9.17, 15) is 0 Å². The fraction of sp³-hybridized carbons (Fsp3) is 0.818. The lowest BCUT2D eigenvalue weighted by atomic mass is 10.1. The highest BCUT2D eigenvalue weighted by atomic mass is 32.2. The fourth-order valence-corrected chi connectivity index (χ4v) is 2.90. The Kier molecular flexibility index (Phi) is 5.72. The molecule has 0 saturated heterocycles. The summed E-state index contributed by atoms with van der Waals surface area (Å²) in [5.41, 5.74) is 0.240. The summed E-state index contributed by atoms with van der Waals surface area (Å²) in [7, 11) is 0.